The highest BCUT2D eigenvalue weighted by Crippen LogP contribution is 2.19. The number of nitro groups is 1. The number of rotatable bonds is 6. The number of nitrogens with one attached hydrogen (secondary N) is 2. The van der Waals surface area contributed by atoms with Gasteiger partial charge < -0.3 is 10.4 Å². The lowest BCUT2D eigenvalue weighted by Gasteiger charge is -2.04. The molecule has 0 aliphatic carbocycles. The van der Waals surface area contributed by atoms with E-state index in [4.69, 9.17) is 0 Å². The maximum atomic E-state index is 11.9. The molecule has 0 radical (unpaired) electrons. The minimum absolute atomic E-state index is 0.00910. The average molecular weight is 421 g/mol. The second-order valence-corrected chi connectivity index (χ2v) is 5.90. The molecular weight excluding hydrogens is 408 g/mol. The third-order valence-electron chi connectivity index (χ3n) is 3.11. The van der Waals surface area contributed by atoms with E-state index in [0.29, 0.717) is 5.56 Å². The van der Waals surface area contributed by atoms with Gasteiger partial charge in [-0.2, -0.15) is 5.10 Å². The topological polar surface area (TPSA) is 134 Å². The normalized spacial score (nSPS) is 10.5. The SMILES string of the molecule is O=C(CNC(=O)c1cccc([N+](=O)[O-])c1)N/N=C\c1cc(Br)ccc1O. The third kappa shape index (κ3) is 5.38. The van der Waals surface area contributed by atoms with E-state index in [1.165, 1.54) is 30.5 Å². The molecule has 0 spiro atoms. The summed E-state index contributed by atoms with van der Waals surface area (Å²) in [4.78, 5) is 33.7. The van der Waals surface area contributed by atoms with Crippen LogP contribution >= 0.6 is 15.9 Å². The van der Waals surface area contributed by atoms with E-state index < -0.39 is 16.7 Å². The van der Waals surface area contributed by atoms with Crippen LogP contribution < -0.4 is 10.7 Å². The second-order valence-electron chi connectivity index (χ2n) is 4.99. The molecule has 2 rings (SSSR count). The number of amides is 2. The number of non-ortho nitro benzene ring substituents is 1. The summed E-state index contributed by atoms with van der Waals surface area (Å²) in [5, 5.41) is 26.3. The number of aromatic hydroxyl groups is 1. The van der Waals surface area contributed by atoms with E-state index in [1.807, 2.05) is 0 Å². The molecule has 0 aliphatic heterocycles. The minimum atomic E-state index is -0.627. The molecule has 10 heteroatoms. The van der Waals surface area contributed by atoms with Crippen LogP contribution in [0.1, 0.15) is 15.9 Å². The molecule has 0 unspecified atom stereocenters. The first-order valence-electron chi connectivity index (χ1n) is 7.20. The van der Waals surface area contributed by atoms with Crippen molar-refractivity contribution in [3.05, 3.63) is 68.2 Å². The van der Waals surface area contributed by atoms with E-state index in [9.17, 15) is 24.8 Å². The van der Waals surface area contributed by atoms with Gasteiger partial charge in [0.2, 0.25) is 0 Å². The van der Waals surface area contributed by atoms with Crippen molar-refractivity contribution in [3.63, 3.8) is 0 Å². The molecule has 0 heterocycles. The maximum Gasteiger partial charge on any atom is 0.270 e. The van der Waals surface area contributed by atoms with Crippen molar-refractivity contribution in [1.29, 1.82) is 0 Å². The van der Waals surface area contributed by atoms with E-state index in [-0.39, 0.29) is 23.5 Å². The number of benzene rings is 2. The molecule has 0 atom stereocenters. The molecule has 0 bridgehead atoms. The lowest BCUT2D eigenvalue weighted by molar-refractivity contribution is -0.384. The number of halogens is 1. The smallest absolute Gasteiger partial charge is 0.270 e. The fraction of sp³-hybridized carbons (Fsp3) is 0.0625. The van der Waals surface area contributed by atoms with Crippen molar-refractivity contribution in [2.45, 2.75) is 0 Å². The van der Waals surface area contributed by atoms with Gasteiger partial charge in [0.05, 0.1) is 17.7 Å². The second kappa shape index (κ2) is 8.72. The highest BCUT2D eigenvalue weighted by molar-refractivity contribution is 9.10. The average Bonchev–Trinajstić information content (AvgIpc) is 2.62. The predicted octanol–water partition coefficient (Wildman–Crippen LogP) is 1.94. The Morgan fingerprint density at radius 2 is 2.04 bits per heavy atom. The Kier molecular flexibility index (Phi) is 6.39. The fourth-order valence-electron chi connectivity index (χ4n) is 1.87. The zero-order valence-corrected chi connectivity index (χ0v) is 14.8. The van der Waals surface area contributed by atoms with Crippen LogP contribution in [0.15, 0.2) is 52.0 Å². The standard InChI is InChI=1S/C16H13BrN4O5/c17-12-4-5-14(22)11(6-12)8-19-20-15(23)9-18-16(24)10-2-1-3-13(7-10)21(25)26/h1-8,22H,9H2,(H,18,24)(H,20,23)/b19-8-. The number of hydrogen-bond acceptors (Lipinski definition) is 6. The van der Waals surface area contributed by atoms with Gasteiger partial charge in [0.25, 0.3) is 17.5 Å². The van der Waals surface area contributed by atoms with Crippen molar-refractivity contribution >= 4 is 39.6 Å². The number of nitro benzene ring substituents is 1. The van der Waals surface area contributed by atoms with Gasteiger partial charge in [0.1, 0.15) is 5.75 Å². The van der Waals surface area contributed by atoms with Crippen LogP contribution in [0.4, 0.5) is 5.69 Å². The number of hydrazone groups is 1. The van der Waals surface area contributed by atoms with Crippen molar-refractivity contribution in [3.8, 4) is 5.75 Å². The first-order valence-corrected chi connectivity index (χ1v) is 7.99. The number of carbonyl (C=O) groups excluding carboxylic acids is 2. The van der Waals surface area contributed by atoms with Crippen LogP contribution in [0.25, 0.3) is 0 Å². The van der Waals surface area contributed by atoms with Gasteiger partial charge in [-0.15, -0.1) is 0 Å². The Morgan fingerprint density at radius 1 is 1.27 bits per heavy atom. The van der Waals surface area contributed by atoms with E-state index >= 15 is 0 Å². The van der Waals surface area contributed by atoms with E-state index in [0.717, 1.165) is 10.5 Å². The van der Waals surface area contributed by atoms with Crippen LogP contribution in [-0.4, -0.2) is 34.6 Å². The van der Waals surface area contributed by atoms with Crippen molar-refractivity contribution in [2.75, 3.05) is 6.54 Å². The molecule has 0 aliphatic rings. The summed E-state index contributed by atoms with van der Waals surface area (Å²) in [5.41, 5.74) is 2.43. The molecular formula is C16H13BrN4O5. The Hall–Kier alpha value is -3.27. The summed E-state index contributed by atoms with van der Waals surface area (Å²) in [6.45, 7) is -0.372. The lowest BCUT2D eigenvalue weighted by Crippen LogP contribution is -2.34. The summed E-state index contributed by atoms with van der Waals surface area (Å²) >= 11 is 3.24. The molecule has 9 nitrogen and oxygen atoms in total. The molecule has 0 fully saturated rings. The quantitative estimate of drug-likeness (QED) is 0.372. The number of carbonyl (C=O) groups is 2. The van der Waals surface area contributed by atoms with Gasteiger partial charge in [-0.05, 0) is 24.3 Å². The van der Waals surface area contributed by atoms with Crippen LogP contribution in [0, 0.1) is 10.1 Å². The Bertz CT molecular complexity index is 885. The Morgan fingerprint density at radius 3 is 2.77 bits per heavy atom. The van der Waals surface area contributed by atoms with E-state index in [1.54, 1.807) is 12.1 Å². The molecule has 2 amide bonds. The molecule has 0 saturated carbocycles. The lowest BCUT2D eigenvalue weighted by atomic mass is 10.2. The third-order valence-corrected chi connectivity index (χ3v) is 3.60. The van der Waals surface area contributed by atoms with E-state index in [2.05, 4.69) is 31.8 Å². The summed E-state index contributed by atoms with van der Waals surface area (Å²) in [6, 6.07) is 9.86. The van der Waals surface area contributed by atoms with Crippen molar-refractivity contribution < 1.29 is 19.6 Å². The first kappa shape index (κ1) is 19.1. The summed E-state index contributed by atoms with van der Waals surface area (Å²) in [6.07, 6.45) is 1.25. The zero-order valence-electron chi connectivity index (χ0n) is 13.2. The van der Waals surface area contributed by atoms with Gasteiger partial charge in [-0.3, -0.25) is 19.7 Å². The number of hydrogen-bond donors (Lipinski definition) is 3. The molecule has 2 aromatic carbocycles. The van der Waals surface area contributed by atoms with Crippen molar-refractivity contribution in [1.82, 2.24) is 10.7 Å². The van der Waals surface area contributed by atoms with Gasteiger partial charge >= 0.3 is 0 Å². The largest absolute Gasteiger partial charge is 0.507 e. The zero-order chi connectivity index (χ0) is 19.1. The van der Waals surface area contributed by atoms with Crippen LogP contribution in [0.3, 0.4) is 0 Å². The minimum Gasteiger partial charge on any atom is -0.507 e. The molecule has 3 N–H and O–H groups in total. The fourth-order valence-corrected chi connectivity index (χ4v) is 2.24. The molecule has 0 aromatic heterocycles. The first-order chi connectivity index (χ1) is 12.4. The van der Waals surface area contributed by atoms with Crippen molar-refractivity contribution in [2.24, 2.45) is 5.10 Å². The summed E-state index contributed by atoms with van der Waals surface area (Å²) < 4.78 is 0.729. The summed E-state index contributed by atoms with van der Waals surface area (Å²) in [5.74, 6) is -1.24. The van der Waals surface area contributed by atoms with Crippen LogP contribution in [0.2, 0.25) is 0 Å². The predicted molar refractivity (Wildman–Crippen MR) is 97.0 cm³/mol. The molecule has 2 aromatic rings. The monoisotopic (exact) mass is 420 g/mol. The number of nitrogens with zero attached hydrogens (tertiary/aromatic N) is 2. The highest BCUT2D eigenvalue weighted by Gasteiger charge is 2.12. The number of phenolic OH excluding ortho intramolecular Hbond substituents is 1. The van der Waals surface area contributed by atoms with Gasteiger partial charge in [-0.1, -0.05) is 22.0 Å². The van der Waals surface area contributed by atoms with Gasteiger partial charge in [0, 0.05) is 27.7 Å². The molecule has 134 valence electrons. The summed E-state index contributed by atoms with van der Waals surface area (Å²) in [7, 11) is 0. The highest BCUT2D eigenvalue weighted by atomic mass is 79.9. The van der Waals surface area contributed by atoms with Crippen LogP contribution in [0.5, 0.6) is 5.75 Å². The molecule has 0 saturated heterocycles. The Labute approximate surface area is 156 Å². The Balaban J connectivity index is 1.87. The van der Waals surface area contributed by atoms with Crippen LogP contribution in [-0.2, 0) is 4.79 Å². The van der Waals surface area contributed by atoms with Gasteiger partial charge in [0.15, 0.2) is 0 Å². The molecule has 26 heavy (non-hydrogen) atoms. The number of phenols is 1. The van der Waals surface area contributed by atoms with Gasteiger partial charge in [-0.25, -0.2) is 5.43 Å². The maximum absolute atomic E-state index is 11.9.